The summed E-state index contributed by atoms with van der Waals surface area (Å²) in [6.45, 7) is 3.45. The van der Waals surface area contributed by atoms with Gasteiger partial charge >= 0.3 is 0 Å². The zero-order chi connectivity index (χ0) is 15.2. The van der Waals surface area contributed by atoms with Crippen LogP contribution in [-0.2, 0) is 5.41 Å². The summed E-state index contributed by atoms with van der Waals surface area (Å²) in [4.78, 5) is 2.26. The van der Waals surface area contributed by atoms with Crippen molar-refractivity contribution in [3.63, 3.8) is 0 Å². The smallest absolute Gasteiger partial charge is 0.0199 e. The molecule has 21 heavy (non-hydrogen) atoms. The van der Waals surface area contributed by atoms with Crippen LogP contribution in [0, 0.1) is 0 Å². The fourth-order valence-electron chi connectivity index (χ4n) is 3.28. The lowest BCUT2D eigenvalue weighted by Crippen LogP contribution is -2.27. The van der Waals surface area contributed by atoms with E-state index >= 15 is 0 Å². The Bertz CT molecular complexity index is 640. The van der Waals surface area contributed by atoms with Gasteiger partial charge in [0.15, 0.2) is 0 Å². The Balaban J connectivity index is 2.19. The summed E-state index contributed by atoms with van der Waals surface area (Å²) in [6, 6.07) is 13.3. The first-order valence-electron chi connectivity index (χ1n) is 7.17. The number of benzene rings is 2. The van der Waals surface area contributed by atoms with E-state index in [9.17, 15) is 0 Å². The molecule has 0 amide bonds. The highest BCUT2D eigenvalue weighted by Gasteiger charge is 2.39. The first kappa shape index (κ1) is 15.3. The second-order valence-corrected chi connectivity index (χ2v) is 8.10. The number of rotatable bonds is 3. The van der Waals surface area contributed by atoms with Crippen molar-refractivity contribution >= 4 is 31.9 Å². The summed E-state index contributed by atoms with van der Waals surface area (Å²) in [5.41, 5.74) is 5.70. The fraction of sp³-hybridized carbons (Fsp3) is 0.333. The molecule has 0 fully saturated rings. The van der Waals surface area contributed by atoms with Crippen LogP contribution in [0.1, 0.15) is 24.5 Å². The van der Waals surface area contributed by atoms with Crippen LogP contribution >= 0.6 is 31.9 Å². The SMILES string of the molecule is CN(C)CCC1(C)c2cc(Br)ccc2-c2ccc(Br)cc21. The zero-order valence-corrected chi connectivity index (χ0v) is 15.8. The van der Waals surface area contributed by atoms with Crippen LogP contribution in [0.2, 0.25) is 0 Å². The summed E-state index contributed by atoms with van der Waals surface area (Å²) < 4.78 is 2.31. The molecule has 0 aliphatic heterocycles. The van der Waals surface area contributed by atoms with E-state index in [2.05, 4.69) is 94.2 Å². The molecule has 2 aromatic rings. The minimum atomic E-state index is 0.0719. The molecule has 0 aromatic heterocycles. The third kappa shape index (κ3) is 2.60. The Morgan fingerprint density at radius 2 is 1.38 bits per heavy atom. The average Bonchev–Trinajstić information content (AvgIpc) is 2.67. The number of hydrogen-bond donors (Lipinski definition) is 0. The van der Waals surface area contributed by atoms with Crippen molar-refractivity contribution in [3.05, 3.63) is 56.5 Å². The molecule has 0 N–H and O–H groups in total. The van der Waals surface area contributed by atoms with Gasteiger partial charge in [0.1, 0.15) is 0 Å². The van der Waals surface area contributed by atoms with E-state index in [0.29, 0.717) is 0 Å². The molecule has 1 nitrogen and oxygen atoms in total. The standard InChI is InChI=1S/C18H19Br2N/c1-18(8-9-21(2)3)16-10-12(19)4-6-14(16)15-7-5-13(20)11-17(15)18/h4-7,10-11H,8-9H2,1-3H3. The number of halogens is 2. The average molecular weight is 409 g/mol. The highest BCUT2D eigenvalue weighted by molar-refractivity contribution is 9.10. The summed E-state index contributed by atoms with van der Waals surface area (Å²) in [5, 5.41) is 0. The van der Waals surface area contributed by atoms with Crippen LogP contribution in [0.25, 0.3) is 11.1 Å². The van der Waals surface area contributed by atoms with E-state index in [-0.39, 0.29) is 5.41 Å². The Morgan fingerprint density at radius 3 is 1.81 bits per heavy atom. The molecule has 1 aliphatic rings. The van der Waals surface area contributed by atoms with E-state index in [1.807, 2.05) is 0 Å². The van der Waals surface area contributed by atoms with Crippen molar-refractivity contribution in [3.8, 4) is 11.1 Å². The van der Waals surface area contributed by atoms with Gasteiger partial charge in [-0.15, -0.1) is 0 Å². The van der Waals surface area contributed by atoms with Gasteiger partial charge in [-0.25, -0.2) is 0 Å². The molecule has 0 atom stereocenters. The van der Waals surface area contributed by atoms with E-state index in [1.165, 1.54) is 22.3 Å². The summed E-state index contributed by atoms with van der Waals surface area (Å²) in [6.07, 6.45) is 1.12. The van der Waals surface area contributed by atoms with Gasteiger partial charge in [0.05, 0.1) is 0 Å². The van der Waals surface area contributed by atoms with Crippen molar-refractivity contribution < 1.29 is 0 Å². The third-order valence-corrected chi connectivity index (χ3v) is 5.49. The van der Waals surface area contributed by atoms with Crippen molar-refractivity contribution in [2.24, 2.45) is 0 Å². The van der Waals surface area contributed by atoms with Crippen molar-refractivity contribution in [1.29, 1.82) is 0 Å². The molecule has 0 heterocycles. The third-order valence-electron chi connectivity index (χ3n) is 4.50. The van der Waals surface area contributed by atoms with Gasteiger partial charge < -0.3 is 4.90 Å². The number of hydrogen-bond acceptors (Lipinski definition) is 1. The molecule has 3 rings (SSSR count). The van der Waals surface area contributed by atoms with Crippen molar-refractivity contribution in [1.82, 2.24) is 4.90 Å². The van der Waals surface area contributed by atoms with Crippen molar-refractivity contribution in [2.45, 2.75) is 18.8 Å². The van der Waals surface area contributed by atoms with Crippen LogP contribution in [0.15, 0.2) is 45.3 Å². The fourth-order valence-corrected chi connectivity index (χ4v) is 4.00. The summed E-state index contributed by atoms with van der Waals surface area (Å²) >= 11 is 7.27. The lowest BCUT2D eigenvalue weighted by Gasteiger charge is -2.29. The van der Waals surface area contributed by atoms with Crippen LogP contribution in [0.4, 0.5) is 0 Å². The van der Waals surface area contributed by atoms with E-state index in [0.717, 1.165) is 21.9 Å². The van der Waals surface area contributed by atoms with Gasteiger partial charge in [0.2, 0.25) is 0 Å². The maximum absolute atomic E-state index is 3.64. The molecule has 110 valence electrons. The zero-order valence-electron chi connectivity index (χ0n) is 12.6. The summed E-state index contributed by atoms with van der Waals surface area (Å²) in [7, 11) is 4.28. The number of nitrogens with zero attached hydrogens (tertiary/aromatic N) is 1. The van der Waals surface area contributed by atoms with E-state index in [1.54, 1.807) is 0 Å². The van der Waals surface area contributed by atoms with E-state index in [4.69, 9.17) is 0 Å². The minimum absolute atomic E-state index is 0.0719. The molecule has 0 spiro atoms. The Morgan fingerprint density at radius 1 is 0.905 bits per heavy atom. The summed E-state index contributed by atoms with van der Waals surface area (Å²) in [5.74, 6) is 0. The molecule has 0 radical (unpaired) electrons. The monoisotopic (exact) mass is 407 g/mol. The predicted molar refractivity (Wildman–Crippen MR) is 96.9 cm³/mol. The van der Waals surface area contributed by atoms with Crippen LogP contribution in [0.5, 0.6) is 0 Å². The molecule has 1 aliphatic carbocycles. The molecular formula is C18H19Br2N. The highest BCUT2D eigenvalue weighted by Crippen LogP contribution is 2.51. The molecule has 3 heteroatoms. The quantitative estimate of drug-likeness (QED) is 0.652. The molecular weight excluding hydrogens is 390 g/mol. The first-order valence-corrected chi connectivity index (χ1v) is 8.75. The Kier molecular flexibility index (Phi) is 4.02. The largest absolute Gasteiger partial charge is 0.309 e. The maximum Gasteiger partial charge on any atom is 0.0199 e. The van der Waals surface area contributed by atoms with Crippen LogP contribution in [-0.4, -0.2) is 25.5 Å². The molecule has 2 aromatic carbocycles. The topological polar surface area (TPSA) is 3.24 Å². The Hall–Kier alpha value is -0.640. The maximum atomic E-state index is 3.64. The van der Waals surface area contributed by atoms with Gasteiger partial charge in [-0.1, -0.05) is 50.9 Å². The van der Waals surface area contributed by atoms with Gasteiger partial charge in [-0.2, -0.15) is 0 Å². The minimum Gasteiger partial charge on any atom is -0.309 e. The molecule has 0 bridgehead atoms. The van der Waals surface area contributed by atoms with Gasteiger partial charge in [-0.3, -0.25) is 0 Å². The number of fused-ring (bicyclic) bond motifs is 3. The Labute approximate surface area is 143 Å². The van der Waals surface area contributed by atoms with Gasteiger partial charge in [0, 0.05) is 14.4 Å². The predicted octanol–water partition coefficient (Wildman–Crippen LogP) is 5.45. The molecule has 0 unspecified atom stereocenters. The normalized spacial score (nSPS) is 15.1. The van der Waals surface area contributed by atoms with Crippen LogP contribution in [0.3, 0.4) is 0 Å². The molecule has 0 saturated heterocycles. The lowest BCUT2D eigenvalue weighted by molar-refractivity contribution is 0.358. The lowest BCUT2D eigenvalue weighted by atomic mass is 9.77. The second kappa shape index (κ2) is 5.53. The van der Waals surface area contributed by atoms with Gasteiger partial charge in [0.25, 0.3) is 0 Å². The first-order chi connectivity index (χ1) is 9.91. The van der Waals surface area contributed by atoms with Gasteiger partial charge in [-0.05, 0) is 73.6 Å². The highest BCUT2D eigenvalue weighted by atomic mass is 79.9. The van der Waals surface area contributed by atoms with Crippen molar-refractivity contribution in [2.75, 3.05) is 20.6 Å². The molecule has 0 saturated carbocycles. The van der Waals surface area contributed by atoms with Crippen LogP contribution < -0.4 is 0 Å². The van der Waals surface area contributed by atoms with E-state index < -0.39 is 0 Å². The second-order valence-electron chi connectivity index (χ2n) is 6.27.